The Balaban J connectivity index is 1.31. The summed E-state index contributed by atoms with van der Waals surface area (Å²) >= 11 is 12.2. The fourth-order valence-electron chi connectivity index (χ4n) is 5.75. The highest BCUT2D eigenvalue weighted by Gasteiger charge is 2.56. The van der Waals surface area contributed by atoms with Gasteiger partial charge in [-0.25, -0.2) is 4.98 Å². The molecule has 3 aliphatic rings. The fourth-order valence-corrected chi connectivity index (χ4v) is 6.25. The zero-order chi connectivity index (χ0) is 23.3. The molecule has 0 N–H and O–H groups in total. The Hall–Kier alpha value is -2.24. The third-order valence-electron chi connectivity index (χ3n) is 8.08. The summed E-state index contributed by atoms with van der Waals surface area (Å²) in [5.41, 5.74) is 2.69. The molecule has 0 aliphatic heterocycles. The van der Waals surface area contributed by atoms with Crippen LogP contribution in [0.15, 0.2) is 57.7 Å². The summed E-state index contributed by atoms with van der Waals surface area (Å²) in [5.74, 6) is 2.04. The van der Waals surface area contributed by atoms with Gasteiger partial charge in [0, 0.05) is 16.6 Å². The molecule has 0 radical (unpaired) electrons. The first kappa shape index (κ1) is 22.5. The van der Waals surface area contributed by atoms with E-state index in [1.807, 2.05) is 18.2 Å². The van der Waals surface area contributed by atoms with Gasteiger partial charge in [-0.1, -0.05) is 50.0 Å². The minimum atomic E-state index is -0.0724. The van der Waals surface area contributed by atoms with Crippen molar-refractivity contribution in [3.05, 3.63) is 68.7 Å². The van der Waals surface area contributed by atoms with Gasteiger partial charge >= 0.3 is 0 Å². The molecule has 3 fully saturated rings. The smallest absolute Gasteiger partial charge is 0.261 e. The number of hydrogen-bond donors (Lipinski definition) is 0. The minimum absolute atomic E-state index is 0.0724. The zero-order valence-corrected chi connectivity index (χ0v) is 20.6. The van der Waals surface area contributed by atoms with Crippen molar-refractivity contribution in [3.8, 4) is 0 Å². The Bertz CT molecular complexity index is 1300. The van der Waals surface area contributed by atoms with Gasteiger partial charge in [0.1, 0.15) is 0 Å². The van der Waals surface area contributed by atoms with Gasteiger partial charge in [-0.15, -0.1) is 0 Å². The average molecular weight is 483 g/mol. The molecule has 1 unspecified atom stereocenters. The highest BCUT2D eigenvalue weighted by atomic mass is 35.5. The van der Waals surface area contributed by atoms with Crippen molar-refractivity contribution in [1.29, 1.82) is 0 Å². The Kier molecular flexibility index (Phi) is 5.82. The van der Waals surface area contributed by atoms with Crippen molar-refractivity contribution in [3.63, 3.8) is 0 Å². The largest absolute Gasteiger partial charge is 0.298 e. The van der Waals surface area contributed by atoms with Crippen LogP contribution < -0.4 is 5.56 Å². The summed E-state index contributed by atoms with van der Waals surface area (Å²) in [5, 5.41) is 11.0. The third kappa shape index (κ3) is 4.10. The van der Waals surface area contributed by atoms with E-state index in [0.29, 0.717) is 45.2 Å². The number of hydrogen-bond acceptors (Lipinski definition) is 4. The van der Waals surface area contributed by atoms with Gasteiger partial charge in [0.05, 0.1) is 29.0 Å². The van der Waals surface area contributed by atoms with Gasteiger partial charge in [-0.2, -0.15) is 10.2 Å². The Morgan fingerprint density at radius 1 is 1.15 bits per heavy atom. The number of aromatic nitrogens is 2. The lowest BCUT2D eigenvalue weighted by atomic mass is 9.45. The molecule has 5 nitrogen and oxygen atoms in total. The Morgan fingerprint density at radius 3 is 2.70 bits per heavy atom. The summed E-state index contributed by atoms with van der Waals surface area (Å²) in [6.45, 7) is 7.58. The van der Waals surface area contributed by atoms with Gasteiger partial charge in [0.25, 0.3) is 5.56 Å². The summed E-state index contributed by atoms with van der Waals surface area (Å²) in [6.07, 6.45) is 4.65. The fraction of sp³-hybridized carbons (Fsp3) is 0.462. The summed E-state index contributed by atoms with van der Waals surface area (Å²) in [4.78, 5) is 17.5. The first-order valence-electron chi connectivity index (χ1n) is 11.6. The molecule has 0 amide bonds. The molecule has 2 aromatic carbocycles. The summed E-state index contributed by atoms with van der Waals surface area (Å²) < 4.78 is 1.62. The lowest BCUT2D eigenvalue weighted by Gasteiger charge is -2.61. The second-order valence-electron chi connectivity index (χ2n) is 10.2. The normalized spacial score (nSPS) is 26.0. The van der Waals surface area contributed by atoms with Gasteiger partial charge < -0.3 is 0 Å². The number of benzene rings is 2. The van der Waals surface area contributed by atoms with Gasteiger partial charge in [-0.05, 0) is 78.3 Å². The molecule has 7 heteroatoms. The van der Waals surface area contributed by atoms with Crippen LogP contribution in [0.4, 0.5) is 5.69 Å². The molecule has 6 rings (SSSR count). The molecule has 172 valence electrons. The van der Waals surface area contributed by atoms with Crippen LogP contribution in [0.3, 0.4) is 0 Å². The van der Waals surface area contributed by atoms with Crippen molar-refractivity contribution in [2.24, 2.45) is 33.4 Å². The average Bonchev–Trinajstić information content (AvgIpc) is 2.78. The highest BCUT2D eigenvalue weighted by molar-refractivity contribution is 6.35. The molecular weight excluding hydrogens is 455 g/mol. The third-order valence-corrected chi connectivity index (χ3v) is 8.67. The topological polar surface area (TPSA) is 59.6 Å². The summed E-state index contributed by atoms with van der Waals surface area (Å²) in [7, 11) is 0. The van der Waals surface area contributed by atoms with Gasteiger partial charge in [0.2, 0.25) is 0 Å². The number of azo groups is 1. The predicted molar refractivity (Wildman–Crippen MR) is 134 cm³/mol. The second-order valence-corrected chi connectivity index (χ2v) is 11.0. The first-order valence-corrected chi connectivity index (χ1v) is 12.3. The van der Waals surface area contributed by atoms with Crippen LogP contribution in [-0.4, -0.2) is 15.6 Å². The van der Waals surface area contributed by atoms with Crippen LogP contribution >= 0.6 is 23.2 Å². The maximum atomic E-state index is 13.0. The standard InChI is InChI=1S/C26H28Cl2N4O/c1-15-21-10-17(26(21,2)3)11-23(15)31-30-19-6-7-20-24(13-19)29-14-32(25(20)33)9-8-16-4-5-18(27)12-22(16)28/h4-7,12-15,17,21,23H,8-11H2,1-3H3/t15-,17+,21-,23?/m0/s1. The molecule has 3 saturated carbocycles. The number of rotatable bonds is 5. The monoisotopic (exact) mass is 482 g/mol. The molecule has 3 aromatic rings. The maximum Gasteiger partial charge on any atom is 0.261 e. The van der Waals surface area contributed by atoms with Crippen LogP contribution in [0.5, 0.6) is 0 Å². The quantitative estimate of drug-likeness (QED) is 0.364. The van der Waals surface area contributed by atoms with E-state index in [9.17, 15) is 4.79 Å². The van der Waals surface area contributed by atoms with E-state index >= 15 is 0 Å². The molecule has 1 heterocycles. The van der Waals surface area contributed by atoms with Gasteiger partial charge in [0.15, 0.2) is 0 Å². The molecule has 0 saturated heterocycles. The van der Waals surface area contributed by atoms with Crippen LogP contribution in [0.1, 0.15) is 39.2 Å². The van der Waals surface area contributed by atoms with Crippen LogP contribution in [0, 0.1) is 23.2 Å². The van der Waals surface area contributed by atoms with E-state index in [1.165, 1.54) is 6.42 Å². The van der Waals surface area contributed by atoms with E-state index in [-0.39, 0.29) is 11.6 Å². The summed E-state index contributed by atoms with van der Waals surface area (Å²) in [6, 6.07) is 11.2. The van der Waals surface area contributed by atoms with E-state index in [1.54, 1.807) is 29.1 Å². The van der Waals surface area contributed by atoms with E-state index < -0.39 is 0 Å². The van der Waals surface area contributed by atoms with Crippen molar-refractivity contribution in [2.75, 3.05) is 0 Å². The van der Waals surface area contributed by atoms with E-state index in [2.05, 4.69) is 30.9 Å². The molecule has 33 heavy (non-hydrogen) atoms. The second kappa shape index (κ2) is 8.52. The van der Waals surface area contributed by atoms with Crippen molar-refractivity contribution < 1.29 is 0 Å². The molecule has 0 spiro atoms. The highest BCUT2D eigenvalue weighted by Crippen LogP contribution is 2.61. The molecule has 3 aliphatic carbocycles. The van der Waals surface area contributed by atoms with Crippen LogP contribution in [0.25, 0.3) is 10.9 Å². The van der Waals surface area contributed by atoms with Crippen LogP contribution in [-0.2, 0) is 13.0 Å². The Labute approximate surface area is 203 Å². The lowest BCUT2D eigenvalue weighted by Crippen LogP contribution is -2.56. The number of halogens is 2. The lowest BCUT2D eigenvalue weighted by molar-refractivity contribution is -0.109. The number of fused-ring (bicyclic) bond motifs is 3. The first-order chi connectivity index (χ1) is 15.7. The minimum Gasteiger partial charge on any atom is -0.298 e. The molecular formula is C26H28Cl2N4O. The maximum absolute atomic E-state index is 13.0. The predicted octanol–water partition coefficient (Wildman–Crippen LogP) is 7.10. The van der Waals surface area contributed by atoms with Crippen molar-refractivity contribution in [1.82, 2.24) is 9.55 Å². The zero-order valence-electron chi connectivity index (χ0n) is 19.1. The SMILES string of the molecule is C[C@@H]1C(N=Nc2ccc3c(=O)n(CCc4ccc(Cl)cc4Cl)cnc3c2)C[C@H]2C[C@@H]1C2(C)C. The number of aryl methyl sites for hydroxylation is 2. The number of nitrogens with zero attached hydrogens (tertiary/aromatic N) is 4. The van der Waals surface area contributed by atoms with E-state index in [0.717, 1.165) is 29.5 Å². The molecule has 1 aromatic heterocycles. The van der Waals surface area contributed by atoms with E-state index in [4.69, 9.17) is 28.3 Å². The van der Waals surface area contributed by atoms with Crippen LogP contribution in [0.2, 0.25) is 10.0 Å². The van der Waals surface area contributed by atoms with Crippen molar-refractivity contribution in [2.45, 2.75) is 52.6 Å². The van der Waals surface area contributed by atoms with Crippen molar-refractivity contribution >= 4 is 39.8 Å². The molecule has 2 bridgehead atoms. The van der Waals surface area contributed by atoms with Gasteiger partial charge in [-0.3, -0.25) is 9.36 Å². The molecule has 4 atom stereocenters. The Morgan fingerprint density at radius 2 is 1.97 bits per heavy atom.